The minimum Gasteiger partial charge on any atom is -0.373 e. The van der Waals surface area contributed by atoms with Gasteiger partial charge in [0, 0.05) is 25.6 Å². The first kappa shape index (κ1) is 15.7. The van der Waals surface area contributed by atoms with Gasteiger partial charge in [-0.25, -0.2) is 0 Å². The predicted molar refractivity (Wildman–Crippen MR) is 88.2 cm³/mol. The van der Waals surface area contributed by atoms with Gasteiger partial charge in [-0.2, -0.15) is 5.10 Å². The summed E-state index contributed by atoms with van der Waals surface area (Å²) in [7, 11) is 0. The van der Waals surface area contributed by atoms with Gasteiger partial charge >= 0.3 is 0 Å². The van der Waals surface area contributed by atoms with E-state index >= 15 is 0 Å². The highest BCUT2D eigenvalue weighted by molar-refractivity contribution is 5.92. The Kier molecular flexibility index (Phi) is 4.76. The molecule has 0 spiro atoms. The van der Waals surface area contributed by atoms with E-state index in [9.17, 15) is 4.79 Å². The first-order chi connectivity index (χ1) is 11.2. The molecule has 23 heavy (non-hydrogen) atoms. The summed E-state index contributed by atoms with van der Waals surface area (Å²) in [5.41, 5.74) is 2.67. The van der Waals surface area contributed by atoms with Gasteiger partial charge in [0.1, 0.15) is 5.69 Å². The van der Waals surface area contributed by atoms with E-state index in [1.54, 1.807) is 4.68 Å². The standard InChI is InChI=1S/C18H23N3O2/c1-3-21-16(11-13(2)20-21)18(22)19-12-15-9-10-23-17(15)14-7-5-4-6-8-14/h4-8,11,15,17H,3,9-10,12H2,1-2H3,(H,19,22)/t15-,17-/m1/s1. The quantitative estimate of drug-likeness (QED) is 0.923. The molecule has 1 aromatic heterocycles. The maximum absolute atomic E-state index is 12.4. The van der Waals surface area contributed by atoms with Crippen LogP contribution in [0.25, 0.3) is 0 Å². The number of nitrogens with one attached hydrogen (secondary N) is 1. The first-order valence-electron chi connectivity index (χ1n) is 8.18. The van der Waals surface area contributed by atoms with Crippen LogP contribution in [0.3, 0.4) is 0 Å². The average Bonchev–Trinajstić information content (AvgIpc) is 3.19. The number of benzene rings is 1. The summed E-state index contributed by atoms with van der Waals surface area (Å²) in [5.74, 6) is 0.242. The van der Waals surface area contributed by atoms with Crippen molar-refractivity contribution in [3.8, 4) is 0 Å². The predicted octanol–water partition coefficient (Wildman–Crippen LogP) is 2.72. The molecule has 1 amide bonds. The minimum absolute atomic E-state index is 0.0637. The number of rotatable bonds is 5. The zero-order valence-corrected chi connectivity index (χ0v) is 13.7. The van der Waals surface area contributed by atoms with Gasteiger partial charge in [0.05, 0.1) is 11.8 Å². The highest BCUT2D eigenvalue weighted by atomic mass is 16.5. The van der Waals surface area contributed by atoms with Crippen molar-refractivity contribution in [3.05, 3.63) is 53.3 Å². The lowest BCUT2D eigenvalue weighted by molar-refractivity contribution is 0.0841. The number of amides is 1. The summed E-state index contributed by atoms with van der Waals surface area (Å²) in [4.78, 5) is 12.4. The fraction of sp³-hybridized carbons (Fsp3) is 0.444. The molecule has 1 aliphatic rings. The lowest BCUT2D eigenvalue weighted by Crippen LogP contribution is -2.32. The molecule has 0 radical (unpaired) electrons. The molecule has 0 aliphatic carbocycles. The fourth-order valence-corrected chi connectivity index (χ4v) is 3.14. The molecule has 0 unspecified atom stereocenters. The Bertz CT molecular complexity index is 666. The molecule has 1 saturated heterocycles. The van der Waals surface area contributed by atoms with Gasteiger partial charge in [-0.3, -0.25) is 9.48 Å². The summed E-state index contributed by atoms with van der Waals surface area (Å²) in [6, 6.07) is 12.0. The molecule has 3 rings (SSSR count). The van der Waals surface area contributed by atoms with Crippen LogP contribution < -0.4 is 5.32 Å². The molecule has 0 saturated carbocycles. The first-order valence-corrected chi connectivity index (χ1v) is 8.18. The third kappa shape index (κ3) is 3.45. The summed E-state index contributed by atoms with van der Waals surface area (Å²) >= 11 is 0. The van der Waals surface area contributed by atoms with Crippen molar-refractivity contribution in [2.45, 2.75) is 32.9 Å². The van der Waals surface area contributed by atoms with Crippen molar-refractivity contribution in [1.29, 1.82) is 0 Å². The number of ether oxygens (including phenoxy) is 1. The van der Waals surface area contributed by atoms with Gasteiger partial charge in [-0.15, -0.1) is 0 Å². The molecule has 1 N–H and O–H groups in total. The van der Waals surface area contributed by atoms with E-state index in [0.29, 0.717) is 24.7 Å². The number of aryl methyl sites for hydroxylation is 2. The second kappa shape index (κ2) is 6.96. The van der Waals surface area contributed by atoms with Crippen LogP contribution in [0.15, 0.2) is 36.4 Å². The smallest absolute Gasteiger partial charge is 0.269 e. The summed E-state index contributed by atoms with van der Waals surface area (Å²) < 4.78 is 7.61. The van der Waals surface area contributed by atoms with Crippen LogP contribution in [0.4, 0.5) is 0 Å². The largest absolute Gasteiger partial charge is 0.373 e. The Morgan fingerprint density at radius 3 is 2.91 bits per heavy atom. The Morgan fingerprint density at radius 2 is 2.17 bits per heavy atom. The Hall–Kier alpha value is -2.14. The van der Waals surface area contributed by atoms with Gasteiger partial charge in [-0.05, 0) is 31.9 Å². The van der Waals surface area contributed by atoms with Crippen molar-refractivity contribution in [2.24, 2.45) is 5.92 Å². The van der Waals surface area contributed by atoms with Gasteiger partial charge in [0.15, 0.2) is 0 Å². The SMILES string of the molecule is CCn1nc(C)cc1C(=O)NC[C@H]1CCO[C@@H]1c1ccccc1. The number of aromatic nitrogens is 2. The highest BCUT2D eigenvalue weighted by Crippen LogP contribution is 2.33. The van der Waals surface area contributed by atoms with Crippen molar-refractivity contribution in [3.63, 3.8) is 0 Å². The third-order valence-electron chi connectivity index (χ3n) is 4.30. The minimum atomic E-state index is -0.0637. The van der Waals surface area contributed by atoms with Crippen LogP contribution in [-0.2, 0) is 11.3 Å². The molecule has 1 fully saturated rings. The van der Waals surface area contributed by atoms with Crippen LogP contribution in [0.5, 0.6) is 0 Å². The highest BCUT2D eigenvalue weighted by Gasteiger charge is 2.30. The maximum Gasteiger partial charge on any atom is 0.269 e. The summed E-state index contributed by atoms with van der Waals surface area (Å²) in [6.45, 7) is 5.94. The van der Waals surface area contributed by atoms with Crippen molar-refractivity contribution in [1.82, 2.24) is 15.1 Å². The molecule has 1 aliphatic heterocycles. The summed E-state index contributed by atoms with van der Waals surface area (Å²) in [6.07, 6.45) is 1.03. The second-order valence-electron chi connectivity index (χ2n) is 5.95. The molecular formula is C18H23N3O2. The van der Waals surface area contributed by atoms with Gasteiger partial charge < -0.3 is 10.1 Å². The van der Waals surface area contributed by atoms with Crippen LogP contribution in [0.2, 0.25) is 0 Å². The number of nitrogens with zero attached hydrogens (tertiary/aromatic N) is 2. The Balaban J connectivity index is 1.64. The average molecular weight is 313 g/mol. The summed E-state index contributed by atoms with van der Waals surface area (Å²) in [5, 5.41) is 7.37. The lowest BCUT2D eigenvalue weighted by atomic mass is 9.95. The van der Waals surface area contributed by atoms with E-state index in [1.807, 2.05) is 38.1 Å². The van der Waals surface area contributed by atoms with Crippen LogP contribution in [-0.4, -0.2) is 28.8 Å². The van der Waals surface area contributed by atoms with Gasteiger partial charge in [0.25, 0.3) is 5.91 Å². The molecule has 2 heterocycles. The molecule has 122 valence electrons. The van der Waals surface area contributed by atoms with E-state index in [0.717, 1.165) is 18.7 Å². The van der Waals surface area contributed by atoms with E-state index in [4.69, 9.17) is 4.74 Å². The van der Waals surface area contributed by atoms with E-state index in [2.05, 4.69) is 22.5 Å². The van der Waals surface area contributed by atoms with E-state index < -0.39 is 0 Å². The lowest BCUT2D eigenvalue weighted by Gasteiger charge is -2.19. The second-order valence-corrected chi connectivity index (χ2v) is 5.95. The third-order valence-corrected chi connectivity index (χ3v) is 4.30. The molecule has 1 aromatic carbocycles. The van der Waals surface area contributed by atoms with Gasteiger partial charge in [0.2, 0.25) is 0 Å². The molecule has 5 nitrogen and oxygen atoms in total. The Morgan fingerprint density at radius 1 is 1.39 bits per heavy atom. The topological polar surface area (TPSA) is 56.2 Å². The molecule has 2 aromatic rings. The molecule has 5 heteroatoms. The zero-order valence-electron chi connectivity index (χ0n) is 13.7. The maximum atomic E-state index is 12.4. The van der Waals surface area contributed by atoms with Crippen LogP contribution in [0, 0.1) is 12.8 Å². The van der Waals surface area contributed by atoms with Crippen molar-refractivity contribution in [2.75, 3.05) is 13.2 Å². The Labute approximate surface area is 136 Å². The molecular weight excluding hydrogens is 290 g/mol. The number of hydrogen-bond donors (Lipinski definition) is 1. The van der Waals surface area contributed by atoms with E-state index in [1.165, 1.54) is 5.56 Å². The van der Waals surface area contributed by atoms with Crippen LogP contribution in [0.1, 0.15) is 41.2 Å². The number of carbonyl (C=O) groups excluding carboxylic acids is 1. The van der Waals surface area contributed by atoms with Crippen LogP contribution >= 0.6 is 0 Å². The van der Waals surface area contributed by atoms with Crippen molar-refractivity contribution >= 4 is 5.91 Å². The fourth-order valence-electron chi connectivity index (χ4n) is 3.14. The van der Waals surface area contributed by atoms with Gasteiger partial charge in [-0.1, -0.05) is 30.3 Å². The number of carbonyl (C=O) groups is 1. The number of hydrogen-bond acceptors (Lipinski definition) is 3. The van der Waals surface area contributed by atoms with E-state index in [-0.39, 0.29) is 12.0 Å². The zero-order chi connectivity index (χ0) is 16.2. The van der Waals surface area contributed by atoms with Crippen molar-refractivity contribution < 1.29 is 9.53 Å². The molecule has 0 bridgehead atoms. The monoisotopic (exact) mass is 313 g/mol. The molecule has 2 atom stereocenters. The normalized spacial score (nSPS) is 20.6.